The molecule has 3 N–H and O–H groups in total. The minimum absolute atomic E-state index is 0.0384. The fourth-order valence-electron chi connectivity index (χ4n) is 6.04. The van der Waals surface area contributed by atoms with Crippen LogP contribution >= 0.6 is 11.6 Å². The third kappa shape index (κ3) is 5.33. The van der Waals surface area contributed by atoms with Gasteiger partial charge in [0.25, 0.3) is 12.3 Å². The molecule has 13 heteroatoms. The Hall–Kier alpha value is -3.06. The zero-order valence-electron chi connectivity index (χ0n) is 21.3. The van der Waals surface area contributed by atoms with E-state index in [-0.39, 0.29) is 39.7 Å². The molecular weight excluding hydrogens is 588 g/mol. The quantitative estimate of drug-likeness (QED) is 0.298. The maximum absolute atomic E-state index is 13.8. The first-order chi connectivity index (χ1) is 19.3. The largest absolute Gasteiger partial charge is 0.386 e. The van der Waals surface area contributed by atoms with Crippen LogP contribution in [0.2, 0.25) is 5.02 Å². The lowest BCUT2D eigenvalue weighted by Crippen LogP contribution is -2.52. The number of aromatic nitrogens is 1. The van der Waals surface area contributed by atoms with Crippen molar-refractivity contribution in [3.8, 4) is 0 Å². The highest BCUT2D eigenvalue weighted by Gasteiger charge is 2.59. The number of amides is 1. The van der Waals surface area contributed by atoms with E-state index in [0.29, 0.717) is 12.8 Å². The number of halogens is 5. The van der Waals surface area contributed by atoms with Gasteiger partial charge in [-0.2, -0.15) is 0 Å². The van der Waals surface area contributed by atoms with Crippen LogP contribution in [0, 0.1) is 23.5 Å². The fraction of sp³-hybridized carbons (Fsp3) is 0.357. The van der Waals surface area contributed by atoms with Gasteiger partial charge in [-0.25, -0.2) is 31.0 Å². The van der Waals surface area contributed by atoms with Crippen LogP contribution in [0.15, 0.2) is 59.5 Å². The molecule has 0 spiro atoms. The van der Waals surface area contributed by atoms with Gasteiger partial charge in [0, 0.05) is 17.3 Å². The van der Waals surface area contributed by atoms with Crippen LogP contribution in [0.1, 0.15) is 60.0 Å². The standard InChI is InChI=1S/C28H25ClF4N2O5S/c29-19-8-4-14(27(37)34-17-7-9-20(30)21(31)13-17)10-24(19)41(39,40)18-11-15-5-6-16(12-18)28(15,38)25(36)22-2-1-3-23(35-22)26(32)33/h1-4,7-10,13,15-16,18,25-26,36,38H,5-6,11-12H2,(H,34,37)/t15-,16?,18?,25?,28?/m0/s1. The third-order valence-electron chi connectivity index (χ3n) is 8.12. The molecule has 4 unspecified atom stereocenters. The second-order valence-corrected chi connectivity index (χ2v) is 13.0. The lowest BCUT2D eigenvalue weighted by Gasteiger charge is -2.45. The van der Waals surface area contributed by atoms with Crippen LogP contribution in [0.4, 0.5) is 23.2 Å². The summed E-state index contributed by atoms with van der Waals surface area (Å²) in [6.45, 7) is 0. The Bertz CT molecular complexity index is 1590. The summed E-state index contributed by atoms with van der Waals surface area (Å²) in [5.74, 6) is -4.39. The van der Waals surface area contributed by atoms with Crippen LogP contribution in [-0.2, 0) is 9.84 Å². The molecule has 41 heavy (non-hydrogen) atoms. The molecular formula is C28H25ClF4N2O5S. The first-order valence-electron chi connectivity index (χ1n) is 12.8. The molecule has 1 aromatic heterocycles. The number of aliphatic hydroxyl groups excluding tert-OH is 1. The van der Waals surface area contributed by atoms with Crippen molar-refractivity contribution in [3.63, 3.8) is 0 Å². The summed E-state index contributed by atoms with van der Waals surface area (Å²) in [5.41, 5.74) is -2.56. The molecule has 0 saturated heterocycles. The van der Waals surface area contributed by atoms with Crippen molar-refractivity contribution in [3.05, 3.63) is 88.2 Å². The van der Waals surface area contributed by atoms with Gasteiger partial charge in [0.05, 0.1) is 20.9 Å². The number of carbonyl (C=O) groups is 1. The van der Waals surface area contributed by atoms with Crippen molar-refractivity contribution in [1.82, 2.24) is 4.98 Å². The van der Waals surface area contributed by atoms with Crippen LogP contribution < -0.4 is 5.32 Å². The number of fused-ring (bicyclic) bond motifs is 2. The Morgan fingerprint density at radius 1 is 1.00 bits per heavy atom. The lowest BCUT2D eigenvalue weighted by molar-refractivity contribution is -0.146. The lowest BCUT2D eigenvalue weighted by atomic mass is 9.70. The van der Waals surface area contributed by atoms with Gasteiger partial charge in [0.2, 0.25) is 0 Å². The summed E-state index contributed by atoms with van der Waals surface area (Å²) in [4.78, 5) is 16.3. The van der Waals surface area contributed by atoms with Gasteiger partial charge < -0.3 is 15.5 Å². The van der Waals surface area contributed by atoms with Crippen LogP contribution in [0.3, 0.4) is 0 Å². The molecule has 5 rings (SSSR count). The molecule has 2 aliphatic rings. The van der Waals surface area contributed by atoms with E-state index in [1.165, 1.54) is 24.3 Å². The Morgan fingerprint density at radius 3 is 2.29 bits per heavy atom. The average Bonchev–Trinajstić information content (AvgIpc) is 3.10. The zero-order valence-corrected chi connectivity index (χ0v) is 22.8. The van der Waals surface area contributed by atoms with Gasteiger partial charge in [0.1, 0.15) is 17.4 Å². The molecule has 218 valence electrons. The molecule has 2 fully saturated rings. The molecule has 1 heterocycles. The van der Waals surface area contributed by atoms with E-state index in [2.05, 4.69) is 10.3 Å². The van der Waals surface area contributed by atoms with Crippen molar-refractivity contribution in [2.75, 3.05) is 5.32 Å². The molecule has 1 amide bonds. The SMILES string of the molecule is O=C(Nc1ccc(F)c(F)c1)c1ccc(Cl)c(S(=O)(=O)C2CC3CC[C@@H](C2)C3(O)C(O)c2cccc(C(F)F)n2)c1. The normalized spacial score (nSPS) is 24.8. The molecule has 2 aromatic carbocycles. The van der Waals surface area contributed by atoms with Crippen molar-refractivity contribution < 1.29 is 41.0 Å². The second kappa shape index (κ2) is 11.0. The van der Waals surface area contributed by atoms with E-state index >= 15 is 0 Å². The van der Waals surface area contributed by atoms with E-state index in [0.717, 1.165) is 30.3 Å². The van der Waals surface area contributed by atoms with E-state index in [1.807, 2.05) is 0 Å². The molecule has 0 radical (unpaired) electrons. The predicted molar refractivity (Wildman–Crippen MR) is 141 cm³/mol. The summed E-state index contributed by atoms with van der Waals surface area (Å²) < 4.78 is 80.6. The van der Waals surface area contributed by atoms with Gasteiger partial charge >= 0.3 is 0 Å². The summed E-state index contributed by atoms with van der Waals surface area (Å²) in [7, 11) is -4.15. The highest BCUT2D eigenvalue weighted by Crippen LogP contribution is 2.56. The number of carbonyl (C=O) groups excluding carboxylic acids is 1. The van der Waals surface area contributed by atoms with Gasteiger partial charge in [-0.15, -0.1) is 0 Å². The topological polar surface area (TPSA) is 117 Å². The number of hydrogen-bond acceptors (Lipinski definition) is 6. The number of rotatable bonds is 7. The first-order valence-corrected chi connectivity index (χ1v) is 14.7. The minimum atomic E-state index is -4.15. The van der Waals surface area contributed by atoms with Gasteiger partial charge in [0.15, 0.2) is 21.5 Å². The maximum atomic E-state index is 13.8. The fourth-order valence-corrected chi connectivity index (χ4v) is 8.44. The number of nitrogens with zero attached hydrogens (tertiary/aromatic N) is 1. The van der Waals surface area contributed by atoms with Crippen molar-refractivity contribution in [2.24, 2.45) is 11.8 Å². The monoisotopic (exact) mass is 612 g/mol. The molecule has 2 aliphatic carbocycles. The Labute approximate surface area is 238 Å². The van der Waals surface area contributed by atoms with Crippen molar-refractivity contribution in [1.29, 1.82) is 0 Å². The third-order valence-corrected chi connectivity index (χ3v) is 10.8. The van der Waals surface area contributed by atoms with Crippen molar-refractivity contribution >= 4 is 33.0 Å². The van der Waals surface area contributed by atoms with Gasteiger partial charge in [-0.05, 0) is 80.0 Å². The summed E-state index contributed by atoms with van der Waals surface area (Å²) in [5, 5.41) is 23.9. The summed E-state index contributed by atoms with van der Waals surface area (Å²) >= 11 is 6.26. The molecule has 3 aromatic rings. The summed E-state index contributed by atoms with van der Waals surface area (Å²) in [6, 6.07) is 10.2. The van der Waals surface area contributed by atoms with E-state index in [1.54, 1.807) is 0 Å². The van der Waals surface area contributed by atoms with Crippen LogP contribution in [0.25, 0.3) is 0 Å². The predicted octanol–water partition coefficient (Wildman–Crippen LogP) is 5.63. The van der Waals surface area contributed by atoms with E-state index in [9.17, 15) is 41.0 Å². The molecule has 0 aliphatic heterocycles. The Morgan fingerprint density at radius 2 is 1.66 bits per heavy atom. The maximum Gasteiger partial charge on any atom is 0.280 e. The Kier molecular flexibility index (Phi) is 7.88. The average molecular weight is 613 g/mol. The van der Waals surface area contributed by atoms with Gasteiger partial charge in [-0.3, -0.25) is 4.79 Å². The first kappa shape index (κ1) is 29.4. The highest BCUT2D eigenvalue weighted by atomic mass is 35.5. The number of benzene rings is 2. The minimum Gasteiger partial charge on any atom is -0.386 e. The molecule has 7 nitrogen and oxygen atoms in total. The van der Waals surface area contributed by atoms with E-state index in [4.69, 9.17) is 11.6 Å². The number of aliphatic hydroxyl groups is 2. The number of sulfone groups is 1. The smallest absolute Gasteiger partial charge is 0.280 e. The number of alkyl halides is 2. The van der Waals surface area contributed by atoms with Gasteiger partial charge in [-0.1, -0.05) is 17.7 Å². The summed E-state index contributed by atoms with van der Waals surface area (Å²) in [6.07, 6.45) is -3.74. The second-order valence-electron chi connectivity index (χ2n) is 10.4. The van der Waals surface area contributed by atoms with Crippen LogP contribution in [0.5, 0.6) is 0 Å². The number of hydrogen-bond donors (Lipinski definition) is 3. The van der Waals surface area contributed by atoms with Crippen molar-refractivity contribution in [2.45, 2.75) is 54.0 Å². The highest BCUT2D eigenvalue weighted by molar-refractivity contribution is 7.92. The zero-order chi connectivity index (χ0) is 29.7. The molecule has 2 bridgehead atoms. The molecule has 2 saturated carbocycles. The van der Waals surface area contributed by atoms with Crippen LogP contribution in [-0.4, -0.2) is 40.4 Å². The number of nitrogens with one attached hydrogen (secondary N) is 1. The Balaban J connectivity index is 1.38. The van der Waals surface area contributed by atoms with E-state index < -0.39 is 68.3 Å². The molecule has 5 atom stereocenters. The number of pyridine rings is 1. The number of anilines is 1.